The zero-order valence-electron chi connectivity index (χ0n) is 17.2. The summed E-state index contributed by atoms with van der Waals surface area (Å²) in [7, 11) is 3.89. The van der Waals surface area contributed by atoms with Gasteiger partial charge in [-0.15, -0.1) is 11.3 Å². The Labute approximate surface area is 169 Å². The third-order valence-electron chi connectivity index (χ3n) is 4.91. The zero-order valence-corrected chi connectivity index (χ0v) is 18.1. The first kappa shape index (κ1) is 22.1. The number of likely N-dealkylation sites (tertiary alicyclic amines) is 1. The highest BCUT2D eigenvalue weighted by molar-refractivity contribution is 7.10. The lowest BCUT2D eigenvalue weighted by molar-refractivity contribution is 0.161. The van der Waals surface area contributed by atoms with Crippen LogP contribution in [0.3, 0.4) is 0 Å². The van der Waals surface area contributed by atoms with E-state index in [-0.39, 0.29) is 0 Å². The summed E-state index contributed by atoms with van der Waals surface area (Å²) in [6.07, 6.45) is 3.70. The largest absolute Gasteiger partial charge is 0.383 e. The Hall–Kier alpha value is -1.15. The van der Waals surface area contributed by atoms with Gasteiger partial charge in [-0.2, -0.15) is 0 Å². The summed E-state index contributed by atoms with van der Waals surface area (Å²) < 4.78 is 5.13. The molecular weight excluding hydrogens is 358 g/mol. The summed E-state index contributed by atoms with van der Waals surface area (Å²) >= 11 is 1.85. The van der Waals surface area contributed by atoms with Gasteiger partial charge in [0.25, 0.3) is 0 Å². The highest BCUT2D eigenvalue weighted by Gasteiger charge is 2.24. The first-order valence-electron chi connectivity index (χ1n) is 10.2. The van der Waals surface area contributed by atoms with Crippen molar-refractivity contribution in [2.75, 3.05) is 66.6 Å². The average molecular weight is 396 g/mol. The lowest BCUT2D eigenvalue weighted by Gasteiger charge is -2.25. The molecule has 7 heteroatoms. The normalized spacial score (nSPS) is 16.8. The summed E-state index contributed by atoms with van der Waals surface area (Å²) in [6.45, 7) is 9.94. The van der Waals surface area contributed by atoms with Crippen LogP contribution >= 0.6 is 11.3 Å². The number of aliphatic imine (C=N–C) groups is 1. The molecule has 0 aliphatic carbocycles. The second-order valence-electron chi connectivity index (χ2n) is 7.07. The maximum atomic E-state index is 5.13. The maximum Gasteiger partial charge on any atom is 0.191 e. The number of methoxy groups -OCH3 is 1. The number of rotatable bonds is 12. The molecule has 0 saturated carbocycles. The molecule has 1 aliphatic rings. The predicted molar refractivity (Wildman–Crippen MR) is 116 cm³/mol. The second kappa shape index (κ2) is 13.1. The minimum absolute atomic E-state index is 0.406. The molecule has 27 heavy (non-hydrogen) atoms. The predicted octanol–water partition coefficient (Wildman–Crippen LogP) is 2.41. The lowest BCUT2D eigenvalue weighted by Crippen LogP contribution is -2.39. The van der Waals surface area contributed by atoms with Crippen molar-refractivity contribution in [3.8, 4) is 0 Å². The van der Waals surface area contributed by atoms with Crippen molar-refractivity contribution in [2.45, 2.75) is 32.2 Å². The van der Waals surface area contributed by atoms with Crippen molar-refractivity contribution in [3.63, 3.8) is 0 Å². The van der Waals surface area contributed by atoms with Gasteiger partial charge in [-0.1, -0.05) is 6.07 Å². The third-order valence-corrected chi connectivity index (χ3v) is 5.88. The maximum absolute atomic E-state index is 5.13. The van der Waals surface area contributed by atoms with Crippen LogP contribution in [-0.4, -0.2) is 82.3 Å². The Bertz CT molecular complexity index is 516. The monoisotopic (exact) mass is 395 g/mol. The molecule has 0 spiro atoms. The number of thiophene rings is 1. The van der Waals surface area contributed by atoms with Gasteiger partial charge in [-0.25, -0.2) is 0 Å². The van der Waals surface area contributed by atoms with Gasteiger partial charge in [0.05, 0.1) is 19.2 Å². The van der Waals surface area contributed by atoms with E-state index in [0.29, 0.717) is 6.04 Å². The molecule has 2 heterocycles. The molecule has 6 nitrogen and oxygen atoms in total. The molecule has 1 saturated heterocycles. The number of nitrogens with one attached hydrogen (secondary N) is 2. The molecule has 0 radical (unpaired) electrons. The van der Waals surface area contributed by atoms with Crippen LogP contribution in [-0.2, 0) is 4.74 Å². The van der Waals surface area contributed by atoms with Crippen LogP contribution in [0.1, 0.15) is 37.1 Å². The molecular formula is C20H37N5OS. The van der Waals surface area contributed by atoms with Gasteiger partial charge in [0.1, 0.15) is 0 Å². The van der Waals surface area contributed by atoms with Crippen molar-refractivity contribution in [1.29, 1.82) is 0 Å². The average Bonchev–Trinajstić information content (AvgIpc) is 3.38. The number of hydrogen-bond donors (Lipinski definition) is 2. The molecule has 1 aromatic rings. The third kappa shape index (κ3) is 8.17. The van der Waals surface area contributed by atoms with E-state index in [1.807, 2.05) is 11.3 Å². The quantitative estimate of drug-likeness (QED) is 0.323. The molecule has 1 fully saturated rings. The smallest absolute Gasteiger partial charge is 0.191 e. The van der Waals surface area contributed by atoms with Gasteiger partial charge >= 0.3 is 0 Å². The van der Waals surface area contributed by atoms with Crippen LogP contribution in [0.4, 0.5) is 0 Å². The van der Waals surface area contributed by atoms with Crippen LogP contribution < -0.4 is 10.6 Å². The van der Waals surface area contributed by atoms with Gasteiger partial charge in [0.15, 0.2) is 5.96 Å². The Kier molecular flexibility index (Phi) is 10.7. The van der Waals surface area contributed by atoms with E-state index in [1.54, 1.807) is 7.11 Å². The van der Waals surface area contributed by atoms with Crippen molar-refractivity contribution in [3.05, 3.63) is 22.4 Å². The Morgan fingerprint density at radius 2 is 2.15 bits per heavy atom. The summed E-state index contributed by atoms with van der Waals surface area (Å²) in [6, 6.07) is 4.80. The van der Waals surface area contributed by atoms with E-state index in [2.05, 4.69) is 51.9 Å². The fourth-order valence-corrected chi connectivity index (χ4v) is 4.21. The summed E-state index contributed by atoms with van der Waals surface area (Å²) in [4.78, 5) is 11.2. The van der Waals surface area contributed by atoms with E-state index in [1.165, 1.54) is 30.8 Å². The molecule has 2 rings (SSSR count). The summed E-state index contributed by atoms with van der Waals surface area (Å²) in [5.41, 5.74) is 0. The van der Waals surface area contributed by atoms with Crippen LogP contribution in [0, 0.1) is 0 Å². The van der Waals surface area contributed by atoms with Crippen molar-refractivity contribution in [2.24, 2.45) is 4.99 Å². The SMILES string of the molecule is CCNC(=NCC(c1cccs1)N1CCCC1)NCCCN(C)CCOC. The zero-order chi connectivity index (χ0) is 19.3. The Morgan fingerprint density at radius 1 is 1.33 bits per heavy atom. The van der Waals surface area contributed by atoms with Crippen LogP contribution in [0.2, 0.25) is 0 Å². The second-order valence-corrected chi connectivity index (χ2v) is 8.05. The standard InChI is InChI=1S/C20H37N5OS/c1-4-21-20(22-10-8-11-24(2)14-15-26-3)23-17-18(19-9-7-16-27-19)25-12-5-6-13-25/h7,9,16,18H,4-6,8,10-15,17H2,1-3H3,(H2,21,22,23). The minimum atomic E-state index is 0.406. The lowest BCUT2D eigenvalue weighted by atomic mass is 10.2. The number of guanidine groups is 1. The number of nitrogens with zero attached hydrogens (tertiary/aromatic N) is 3. The topological polar surface area (TPSA) is 52.1 Å². The molecule has 2 N–H and O–H groups in total. The molecule has 0 aromatic carbocycles. The minimum Gasteiger partial charge on any atom is -0.383 e. The first-order valence-corrected chi connectivity index (χ1v) is 11.1. The molecule has 1 atom stereocenters. The molecule has 0 amide bonds. The van der Waals surface area contributed by atoms with Crippen LogP contribution in [0.15, 0.2) is 22.5 Å². The van der Waals surface area contributed by atoms with Crippen molar-refractivity contribution < 1.29 is 4.74 Å². The number of likely N-dealkylation sites (N-methyl/N-ethyl adjacent to an activating group) is 1. The highest BCUT2D eigenvalue weighted by Crippen LogP contribution is 2.28. The van der Waals surface area contributed by atoms with Crippen LogP contribution in [0.5, 0.6) is 0 Å². The fraction of sp³-hybridized carbons (Fsp3) is 0.750. The molecule has 1 unspecified atom stereocenters. The summed E-state index contributed by atoms with van der Waals surface area (Å²) in [5.74, 6) is 0.929. The molecule has 1 aliphatic heterocycles. The summed E-state index contributed by atoms with van der Waals surface area (Å²) in [5, 5.41) is 9.05. The molecule has 1 aromatic heterocycles. The van der Waals surface area contributed by atoms with Crippen LogP contribution in [0.25, 0.3) is 0 Å². The first-order chi connectivity index (χ1) is 13.2. The van der Waals surface area contributed by atoms with E-state index < -0.39 is 0 Å². The van der Waals surface area contributed by atoms with E-state index >= 15 is 0 Å². The van der Waals surface area contributed by atoms with E-state index in [9.17, 15) is 0 Å². The van der Waals surface area contributed by atoms with Gasteiger partial charge < -0.3 is 20.3 Å². The Balaban J connectivity index is 1.83. The number of ether oxygens (including phenoxy) is 1. The molecule has 154 valence electrons. The van der Waals surface area contributed by atoms with Crippen molar-refractivity contribution in [1.82, 2.24) is 20.4 Å². The fourth-order valence-electron chi connectivity index (χ4n) is 3.35. The van der Waals surface area contributed by atoms with E-state index in [0.717, 1.165) is 51.7 Å². The van der Waals surface area contributed by atoms with Gasteiger partial charge in [-0.05, 0) is 64.3 Å². The highest BCUT2D eigenvalue weighted by atomic mass is 32.1. The Morgan fingerprint density at radius 3 is 2.81 bits per heavy atom. The van der Waals surface area contributed by atoms with Gasteiger partial charge in [-0.3, -0.25) is 9.89 Å². The van der Waals surface area contributed by atoms with Gasteiger partial charge in [0, 0.05) is 31.6 Å². The number of hydrogen-bond acceptors (Lipinski definition) is 5. The molecule has 0 bridgehead atoms. The van der Waals surface area contributed by atoms with Gasteiger partial charge in [0.2, 0.25) is 0 Å². The van der Waals surface area contributed by atoms with Crippen molar-refractivity contribution >= 4 is 17.3 Å². The van der Waals surface area contributed by atoms with E-state index in [4.69, 9.17) is 9.73 Å².